The van der Waals surface area contributed by atoms with Crippen molar-refractivity contribution in [1.82, 2.24) is 19.4 Å². The molecule has 4 unspecified atom stereocenters. The Morgan fingerprint density at radius 3 is 2.41 bits per heavy atom. The van der Waals surface area contributed by atoms with Crippen molar-refractivity contribution in [3.63, 3.8) is 0 Å². The molecule has 2 aliphatic carbocycles. The van der Waals surface area contributed by atoms with Crippen LogP contribution in [0.1, 0.15) is 35.4 Å². The summed E-state index contributed by atoms with van der Waals surface area (Å²) in [5, 5.41) is 19.6. The molecule has 3 aliphatic rings. The maximum atomic E-state index is 12.4. The van der Waals surface area contributed by atoms with E-state index in [2.05, 4.69) is 57.2 Å². The molecule has 6 rings (SSSR count). The quantitative estimate of drug-likeness (QED) is 0.217. The van der Waals surface area contributed by atoms with Crippen LogP contribution < -0.4 is 9.46 Å². The number of rotatable bonds is 11. The van der Waals surface area contributed by atoms with Crippen LogP contribution >= 0.6 is 0 Å². The van der Waals surface area contributed by atoms with Crippen LogP contribution in [0.25, 0.3) is 0 Å². The van der Waals surface area contributed by atoms with Gasteiger partial charge in [-0.2, -0.15) is 5.10 Å². The van der Waals surface area contributed by atoms with E-state index in [9.17, 15) is 18.0 Å². The number of benzene rings is 2. The number of ether oxygens (including phenoxy) is 1. The van der Waals surface area contributed by atoms with Crippen molar-refractivity contribution in [2.45, 2.75) is 42.5 Å². The summed E-state index contributed by atoms with van der Waals surface area (Å²) >= 11 is 0. The van der Waals surface area contributed by atoms with Gasteiger partial charge in [0.2, 0.25) is 10.0 Å². The zero-order valence-electron chi connectivity index (χ0n) is 24.6. The second-order valence-electron chi connectivity index (χ2n) is 11.6. The minimum atomic E-state index is -3.59. The first kappa shape index (κ1) is 31.4. The highest BCUT2D eigenvalue weighted by Gasteiger charge is 2.48. The molecule has 0 bridgehead atoms. The number of likely N-dealkylation sites (tertiary alicyclic amines) is 1. The van der Waals surface area contributed by atoms with Gasteiger partial charge in [-0.3, -0.25) is 9.58 Å². The number of piperidine rings is 1. The molecule has 4 atom stereocenters. The molecule has 1 aromatic heterocycles. The van der Waals surface area contributed by atoms with Gasteiger partial charge in [0.05, 0.1) is 6.20 Å². The van der Waals surface area contributed by atoms with Crippen molar-refractivity contribution in [3.05, 3.63) is 89.8 Å². The standard InChI is InChI=1S/C28H34N4O3S.C4H4O4/c1-31-19-25(16-29-31)36(33,34)30-11-12-35-24-9-7-21-8-10-28(32-17-22-14-23(22)18-32)27(26(21)15-24)13-20-5-3-2-4-6-20;5-3(6)1-2-4(7)8/h2-7,9,15-16,19,22-23,27-28,30H,8,10-14,17-18H2,1H3;1-2H,(H,5,6)(H,7,8)/b;2-1+. The molecule has 3 aromatic rings. The lowest BCUT2D eigenvalue weighted by molar-refractivity contribution is -0.134. The molecule has 234 valence electrons. The fourth-order valence-corrected chi connectivity index (χ4v) is 7.31. The van der Waals surface area contributed by atoms with E-state index in [1.807, 2.05) is 6.07 Å². The Balaban J connectivity index is 0.000000426. The van der Waals surface area contributed by atoms with E-state index in [1.54, 1.807) is 7.05 Å². The summed E-state index contributed by atoms with van der Waals surface area (Å²) in [6.45, 7) is 2.97. The number of aliphatic carboxylic acids is 2. The normalized spacial score (nSPS) is 22.5. The summed E-state index contributed by atoms with van der Waals surface area (Å²) in [7, 11) is -1.89. The Kier molecular flexibility index (Phi) is 9.82. The number of nitrogens with zero attached hydrogens (tertiary/aromatic N) is 3. The first-order chi connectivity index (χ1) is 21.1. The predicted molar refractivity (Wildman–Crippen MR) is 163 cm³/mol. The van der Waals surface area contributed by atoms with E-state index >= 15 is 0 Å². The molecule has 0 spiro atoms. The number of fused-ring (bicyclic) bond motifs is 2. The number of hydrogen-bond acceptors (Lipinski definition) is 7. The second kappa shape index (κ2) is 13.7. The SMILES string of the molecule is Cn1cc(S(=O)(=O)NCCOc2ccc3c(c2)C(Cc2ccccc2)C(N2CC4CC4C2)CC3)cn1.O=C(O)/C=C/C(=O)O. The van der Waals surface area contributed by atoms with Gasteiger partial charge in [0.25, 0.3) is 0 Å². The molecule has 2 fully saturated rings. The van der Waals surface area contributed by atoms with Gasteiger partial charge in [0.1, 0.15) is 17.3 Å². The molecule has 44 heavy (non-hydrogen) atoms. The van der Waals surface area contributed by atoms with Crippen molar-refractivity contribution in [2.24, 2.45) is 18.9 Å². The third kappa shape index (κ3) is 8.13. The monoisotopic (exact) mass is 622 g/mol. The third-order valence-electron chi connectivity index (χ3n) is 8.49. The largest absolute Gasteiger partial charge is 0.492 e. The Labute approximate surface area is 257 Å². The van der Waals surface area contributed by atoms with Crippen molar-refractivity contribution >= 4 is 22.0 Å². The minimum Gasteiger partial charge on any atom is -0.492 e. The summed E-state index contributed by atoms with van der Waals surface area (Å²) in [6, 6.07) is 17.8. The van der Waals surface area contributed by atoms with E-state index < -0.39 is 22.0 Å². The van der Waals surface area contributed by atoms with Gasteiger partial charge in [-0.1, -0.05) is 36.4 Å². The first-order valence-corrected chi connectivity index (χ1v) is 16.2. The Morgan fingerprint density at radius 2 is 1.77 bits per heavy atom. The van der Waals surface area contributed by atoms with Crippen molar-refractivity contribution in [3.8, 4) is 5.75 Å². The number of carboxylic acids is 2. The predicted octanol–water partition coefficient (Wildman–Crippen LogP) is 3.08. The zero-order chi connectivity index (χ0) is 31.3. The lowest BCUT2D eigenvalue weighted by Crippen LogP contribution is -2.42. The molecule has 3 N–H and O–H groups in total. The zero-order valence-corrected chi connectivity index (χ0v) is 25.4. The Hall–Kier alpha value is -4.00. The van der Waals surface area contributed by atoms with Gasteiger partial charge in [-0.05, 0) is 66.3 Å². The molecule has 1 saturated carbocycles. The van der Waals surface area contributed by atoms with Crippen molar-refractivity contribution in [2.75, 3.05) is 26.2 Å². The number of carbonyl (C=O) groups is 2. The van der Waals surface area contributed by atoms with Gasteiger partial charge in [0, 0.05) is 57.0 Å². The molecular formula is C32H38N4O7S. The summed E-state index contributed by atoms with van der Waals surface area (Å²) in [6.07, 6.45) is 8.71. The van der Waals surface area contributed by atoms with E-state index in [0.717, 1.165) is 30.4 Å². The van der Waals surface area contributed by atoms with E-state index in [0.29, 0.717) is 24.1 Å². The number of sulfonamides is 1. The number of aromatic nitrogens is 2. The van der Waals surface area contributed by atoms with Gasteiger partial charge in [-0.25, -0.2) is 22.7 Å². The number of carboxylic acid groups (broad SMARTS) is 2. The van der Waals surface area contributed by atoms with Crippen LogP contribution in [0.15, 0.2) is 78.0 Å². The number of hydrogen-bond donors (Lipinski definition) is 3. The van der Waals surface area contributed by atoms with E-state index in [4.69, 9.17) is 14.9 Å². The molecule has 0 amide bonds. The number of nitrogens with one attached hydrogen (secondary N) is 1. The molecular weight excluding hydrogens is 584 g/mol. The average Bonchev–Trinajstić information content (AvgIpc) is 3.35. The topological polar surface area (TPSA) is 151 Å². The smallest absolute Gasteiger partial charge is 0.328 e. The first-order valence-electron chi connectivity index (χ1n) is 14.7. The highest BCUT2D eigenvalue weighted by Crippen LogP contribution is 2.49. The highest BCUT2D eigenvalue weighted by molar-refractivity contribution is 7.89. The van der Waals surface area contributed by atoms with Crippen LogP contribution in [-0.2, 0) is 39.5 Å². The molecule has 1 aliphatic heterocycles. The molecule has 1 saturated heterocycles. The molecule has 0 radical (unpaired) electrons. The van der Waals surface area contributed by atoms with Crippen LogP contribution in [0.5, 0.6) is 5.75 Å². The molecule has 2 aromatic carbocycles. The molecule has 2 heterocycles. The molecule has 11 nitrogen and oxygen atoms in total. The molecule has 12 heteroatoms. The fourth-order valence-electron chi connectivity index (χ4n) is 6.31. The van der Waals surface area contributed by atoms with Crippen LogP contribution in [0.2, 0.25) is 0 Å². The second-order valence-corrected chi connectivity index (χ2v) is 13.3. The maximum Gasteiger partial charge on any atom is 0.328 e. The summed E-state index contributed by atoms with van der Waals surface area (Å²) in [5.41, 5.74) is 4.19. The van der Waals surface area contributed by atoms with Gasteiger partial charge in [-0.15, -0.1) is 0 Å². The average molecular weight is 623 g/mol. The maximum absolute atomic E-state index is 12.4. The Morgan fingerprint density at radius 1 is 1.07 bits per heavy atom. The Bertz CT molecular complexity index is 1580. The van der Waals surface area contributed by atoms with E-state index in [-0.39, 0.29) is 18.0 Å². The van der Waals surface area contributed by atoms with Gasteiger partial charge >= 0.3 is 11.9 Å². The van der Waals surface area contributed by atoms with Gasteiger partial charge in [0.15, 0.2) is 0 Å². The van der Waals surface area contributed by atoms with Crippen molar-refractivity contribution < 1.29 is 33.0 Å². The van der Waals surface area contributed by atoms with E-state index in [1.165, 1.54) is 59.7 Å². The summed E-state index contributed by atoms with van der Waals surface area (Å²) in [4.78, 5) is 22.0. The summed E-state index contributed by atoms with van der Waals surface area (Å²) < 4.78 is 35.0. The van der Waals surface area contributed by atoms with Crippen LogP contribution in [0.3, 0.4) is 0 Å². The highest BCUT2D eigenvalue weighted by atomic mass is 32.2. The fraction of sp³-hybridized carbons (Fsp3) is 0.406. The lowest BCUT2D eigenvalue weighted by atomic mass is 9.75. The third-order valence-corrected chi connectivity index (χ3v) is 9.90. The number of aryl methyl sites for hydroxylation is 2. The van der Waals surface area contributed by atoms with Crippen LogP contribution in [-0.4, -0.2) is 77.5 Å². The lowest BCUT2D eigenvalue weighted by Gasteiger charge is -2.40. The van der Waals surface area contributed by atoms with Crippen LogP contribution in [0, 0.1) is 11.8 Å². The van der Waals surface area contributed by atoms with Crippen LogP contribution in [0.4, 0.5) is 0 Å². The van der Waals surface area contributed by atoms with Crippen molar-refractivity contribution in [1.29, 1.82) is 0 Å². The summed E-state index contributed by atoms with van der Waals surface area (Å²) in [5.74, 6) is 0.571. The minimum absolute atomic E-state index is 0.160. The van der Waals surface area contributed by atoms with Gasteiger partial charge < -0.3 is 14.9 Å².